The Kier molecular flexibility index (Phi) is 5.67. The van der Waals surface area contributed by atoms with E-state index in [4.69, 9.17) is 11.6 Å². The fourth-order valence-corrected chi connectivity index (χ4v) is 3.02. The minimum Gasteiger partial charge on any atom is -0.393 e. The van der Waals surface area contributed by atoms with Gasteiger partial charge >= 0.3 is 0 Å². The smallest absolute Gasteiger partial charge is 0.255 e. The van der Waals surface area contributed by atoms with Crippen molar-refractivity contribution in [1.82, 2.24) is 15.1 Å². The number of carbonyl (C=O) groups is 1. The van der Waals surface area contributed by atoms with Crippen LogP contribution in [0, 0.1) is 5.41 Å². The number of hydrogen-bond donors (Lipinski definition) is 2. The highest BCUT2D eigenvalue weighted by Gasteiger charge is 2.24. The SMILES string of the molecule is CC(O)CC(C)(C)CNC(=O)c1cn(C)nc1-c1ccccc1Cl. The maximum Gasteiger partial charge on any atom is 0.255 e. The second kappa shape index (κ2) is 7.36. The summed E-state index contributed by atoms with van der Waals surface area (Å²) < 4.78 is 1.61. The van der Waals surface area contributed by atoms with Gasteiger partial charge in [-0.2, -0.15) is 5.10 Å². The minimum atomic E-state index is -0.408. The fraction of sp³-hybridized carbons (Fsp3) is 0.444. The molecule has 0 aliphatic rings. The number of benzene rings is 1. The topological polar surface area (TPSA) is 67.2 Å². The normalized spacial score (nSPS) is 12.9. The molecule has 130 valence electrons. The summed E-state index contributed by atoms with van der Waals surface area (Å²) in [7, 11) is 1.77. The van der Waals surface area contributed by atoms with E-state index in [-0.39, 0.29) is 11.3 Å². The van der Waals surface area contributed by atoms with Crippen LogP contribution < -0.4 is 5.32 Å². The van der Waals surface area contributed by atoms with Crippen LogP contribution in [0.5, 0.6) is 0 Å². The van der Waals surface area contributed by atoms with Crippen LogP contribution in [0.4, 0.5) is 0 Å². The Labute approximate surface area is 147 Å². The Balaban J connectivity index is 2.21. The summed E-state index contributed by atoms with van der Waals surface area (Å²) in [6.45, 7) is 6.24. The third-order valence-electron chi connectivity index (χ3n) is 3.78. The highest BCUT2D eigenvalue weighted by Crippen LogP contribution is 2.29. The zero-order chi connectivity index (χ0) is 17.9. The predicted octanol–water partition coefficient (Wildman–Crippen LogP) is 3.27. The van der Waals surface area contributed by atoms with Crippen LogP contribution in [0.15, 0.2) is 30.5 Å². The van der Waals surface area contributed by atoms with E-state index in [9.17, 15) is 9.90 Å². The molecule has 0 aliphatic carbocycles. The molecule has 24 heavy (non-hydrogen) atoms. The van der Waals surface area contributed by atoms with Gasteiger partial charge in [-0.1, -0.05) is 43.6 Å². The summed E-state index contributed by atoms with van der Waals surface area (Å²) in [6.07, 6.45) is 1.89. The van der Waals surface area contributed by atoms with Crippen molar-refractivity contribution < 1.29 is 9.90 Å². The number of nitrogens with one attached hydrogen (secondary N) is 1. The molecular formula is C18H24ClN3O2. The lowest BCUT2D eigenvalue weighted by molar-refractivity contribution is 0.0902. The number of aliphatic hydroxyl groups is 1. The van der Waals surface area contributed by atoms with Crippen LogP contribution in [-0.4, -0.2) is 33.4 Å². The van der Waals surface area contributed by atoms with E-state index >= 15 is 0 Å². The van der Waals surface area contributed by atoms with Gasteiger partial charge in [-0.05, 0) is 24.8 Å². The third kappa shape index (κ3) is 4.58. The summed E-state index contributed by atoms with van der Waals surface area (Å²) in [6, 6.07) is 7.33. The van der Waals surface area contributed by atoms with Crippen molar-refractivity contribution >= 4 is 17.5 Å². The van der Waals surface area contributed by atoms with E-state index in [1.807, 2.05) is 32.0 Å². The van der Waals surface area contributed by atoms with Crippen LogP contribution in [0.2, 0.25) is 5.02 Å². The van der Waals surface area contributed by atoms with Crippen molar-refractivity contribution in [3.63, 3.8) is 0 Å². The summed E-state index contributed by atoms with van der Waals surface area (Å²) >= 11 is 6.24. The quantitative estimate of drug-likeness (QED) is 0.841. The molecule has 0 radical (unpaired) electrons. The Bertz CT molecular complexity index is 723. The zero-order valence-corrected chi connectivity index (χ0v) is 15.3. The first-order valence-electron chi connectivity index (χ1n) is 7.94. The van der Waals surface area contributed by atoms with Gasteiger partial charge in [0.25, 0.3) is 5.91 Å². The molecule has 1 aromatic carbocycles. The highest BCUT2D eigenvalue weighted by molar-refractivity contribution is 6.33. The van der Waals surface area contributed by atoms with Crippen LogP contribution in [0.25, 0.3) is 11.3 Å². The van der Waals surface area contributed by atoms with Gasteiger partial charge in [0.15, 0.2) is 0 Å². The molecule has 0 saturated carbocycles. The second-order valence-electron chi connectivity index (χ2n) is 6.94. The molecule has 1 amide bonds. The molecule has 1 atom stereocenters. The van der Waals surface area contributed by atoms with E-state index in [1.54, 1.807) is 30.9 Å². The highest BCUT2D eigenvalue weighted by atomic mass is 35.5. The first-order chi connectivity index (χ1) is 11.2. The molecular weight excluding hydrogens is 326 g/mol. The van der Waals surface area contributed by atoms with Gasteiger partial charge in [0.2, 0.25) is 0 Å². The molecule has 0 bridgehead atoms. The molecule has 0 saturated heterocycles. The standard InChI is InChI=1S/C18H24ClN3O2/c1-12(23)9-18(2,3)11-20-17(24)14-10-22(4)21-16(14)13-7-5-6-8-15(13)19/h5-8,10,12,23H,9,11H2,1-4H3,(H,20,24). The molecule has 0 spiro atoms. The van der Waals surface area contributed by atoms with Crippen LogP contribution in [0.3, 0.4) is 0 Å². The average Bonchev–Trinajstić information content (AvgIpc) is 2.86. The van der Waals surface area contributed by atoms with Crippen LogP contribution >= 0.6 is 11.6 Å². The van der Waals surface area contributed by atoms with Crippen molar-refractivity contribution in [1.29, 1.82) is 0 Å². The second-order valence-corrected chi connectivity index (χ2v) is 7.35. The van der Waals surface area contributed by atoms with Crippen molar-refractivity contribution in [2.75, 3.05) is 6.54 Å². The van der Waals surface area contributed by atoms with Gasteiger partial charge in [-0.25, -0.2) is 0 Å². The number of carbonyl (C=O) groups excluding carboxylic acids is 1. The zero-order valence-electron chi connectivity index (χ0n) is 14.5. The molecule has 0 fully saturated rings. The maximum absolute atomic E-state index is 12.6. The summed E-state index contributed by atoms with van der Waals surface area (Å²) in [5.74, 6) is -0.198. The fourth-order valence-electron chi connectivity index (χ4n) is 2.79. The molecule has 1 aromatic heterocycles. The summed E-state index contributed by atoms with van der Waals surface area (Å²) in [5, 5.41) is 17.4. The van der Waals surface area contributed by atoms with Gasteiger partial charge in [-0.3, -0.25) is 9.48 Å². The number of aliphatic hydroxyl groups excluding tert-OH is 1. The van der Waals surface area contributed by atoms with E-state index in [1.165, 1.54) is 0 Å². The molecule has 0 aliphatic heterocycles. The van der Waals surface area contributed by atoms with Crippen molar-refractivity contribution in [2.24, 2.45) is 12.5 Å². The summed E-state index contributed by atoms with van der Waals surface area (Å²) in [5.41, 5.74) is 1.58. The van der Waals surface area contributed by atoms with Gasteiger partial charge in [0.1, 0.15) is 5.69 Å². The third-order valence-corrected chi connectivity index (χ3v) is 4.11. The number of hydrogen-bond acceptors (Lipinski definition) is 3. The Morgan fingerprint density at radius 3 is 2.71 bits per heavy atom. The van der Waals surface area contributed by atoms with Gasteiger partial charge in [0.05, 0.1) is 16.7 Å². The van der Waals surface area contributed by atoms with E-state index in [0.717, 1.165) is 5.56 Å². The van der Waals surface area contributed by atoms with Gasteiger partial charge < -0.3 is 10.4 Å². The number of aromatic nitrogens is 2. The number of halogens is 1. The van der Waals surface area contributed by atoms with E-state index in [2.05, 4.69) is 10.4 Å². The lowest BCUT2D eigenvalue weighted by Crippen LogP contribution is -2.35. The van der Waals surface area contributed by atoms with Crippen LogP contribution in [0.1, 0.15) is 37.6 Å². The Morgan fingerprint density at radius 2 is 2.08 bits per heavy atom. The number of rotatable bonds is 6. The number of aryl methyl sites for hydroxylation is 1. The molecule has 1 unspecified atom stereocenters. The first kappa shape index (κ1) is 18.5. The monoisotopic (exact) mass is 349 g/mol. The van der Waals surface area contributed by atoms with Gasteiger partial charge in [0, 0.05) is 25.4 Å². The predicted molar refractivity (Wildman–Crippen MR) is 96.1 cm³/mol. The Hall–Kier alpha value is -1.85. The van der Waals surface area contributed by atoms with Crippen LogP contribution in [-0.2, 0) is 7.05 Å². The number of nitrogens with zero attached hydrogens (tertiary/aromatic N) is 2. The van der Waals surface area contributed by atoms with Crippen molar-refractivity contribution in [3.05, 3.63) is 41.0 Å². The van der Waals surface area contributed by atoms with E-state index in [0.29, 0.717) is 29.2 Å². The minimum absolute atomic E-state index is 0.198. The molecule has 2 rings (SSSR count). The first-order valence-corrected chi connectivity index (χ1v) is 8.32. The Morgan fingerprint density at radius 1 is 1.42 bits per heavy atom. The average molecular weight is 350 g/mol. The molecule has 5 nitrogen and oxygen atoms in total. The molecule has 6 heteroatoms. The number of amides is 1. The molecule has 2 N–H and O–H groups in total. The van der Waals surface area contributed by atoms with Crippen molar-refractivity contribution in [3.8, 4) is 11.3 Å². The summed E-state index contributed by atoms with van der Waals surface area (Å²) in [4.78, 5) is 12.6. The molecule has 2 aromatic rings. The lowest BCUT2D eigenvalue weighted by Gasteiger charge is -2.26. The largest absolute Gasteiger partial charge is 0.393 e. The lowest BCUT2D eigenvalue weighted by atomic mass is 9.87. The molecule has 1 heterocycles. The van der Waals surface area contributed by atoms with E-state index < -0.39 is 6.10 Å². The maximum atomic E-state index is 12.6. The van der Waals surface area contributed by atoms with Crippen molar-refractivity contribution in [2.45, 2.75) is 33.3 Å². The van der Waals surface area contributed by atoms with Gasteiger partial charge in [-0.15, -0.1) is 0 Å².